The number of carboxylic acid groups (broad SMARTS) is 1. The predicted molar refractivity (Wildman–Crippen MR) is 87.7 cm³/mol. The summed E-state index contributed by atoms with van der Waals surface area (Å²) >= 11 is 1.50. The van der Waals surface area contributed by atoms with Gasteiger partial charge in [-0.2, -0.15) is 0 Å². The number of rotatable bonds is 7. The Hall–Kier alpha value is -2.25. The normalized spacial score (nSPS) is 11.9. The number of carbonyl (C=O) groups is 2. The largest absolute Gasteiger partial charge is 0.480 e. The highest BCUT2D eigenvalue weighted by atomic mass is 32.1. The van der Waals surface area contributed by atoms with Crippen molar-refractivity contribution in [3.63, 3.8) is 0 Å². The minimum Gasteiger partial charge on any atom is -0.480 e. The van der Waals surface area contributed by atoms with Crippen molar-refractivity contribution >= 4 is 23.2 Å². The Labute approximate surface area is 138 Å². The molecule has 122 valence electrons. The van der Waals surface area contributed by atoms with Crippen LogP contribution in [0.15, 0.2) is 29.6 Å². The van der Waals surface area contributed by atoms with E-state index < -0.39 is 17.9 Å². The summed E-state index contributed by atoms with van der Waals surface area (Å²) in [4.78, 5) is 27.9. The van der Waals surface area contributed by atoms with Gasteiger partial charge < -0.3 is 15.2 Å². The quantitative estimate of drug-likeness (QED) is 0.811. The van der Waals surface area contributed by atoms with Gasteiger partial charge in [-0.1, -0.05) is 12.1 Å². The van der Waals surface area contributed by atoms with Crippen LogP contribution in [0.25, 0.3) is 10.6 Å². The van der Waals surface area contributed by atoms with E-state index in [0.29, 0.717) is 5.56 Å². The molecule has 1 amide bonds. The lowest BCUT2D eigenvalue weighted by Gasteiger charge is -2.14. The standard InChI is InChI=1S/C16H18N2O4S/c1-10-9-23-15(17-10)12-5-3-4-11(8-12)14(19)18-13(16(20)21)6-7-22-2/h3-5,8-9,13H,6-7H2,1-2H3,(H,18,19)(H,20,21). The molecule has 1 heterocycles. The minimum absolute atomic E-state index is 0.211. The molecule has 0 spiro atoms. The highest BCUT2D eigenvalue weighted by Gasteiger charge is 2.20. The van der Waals surface area contributed by atoms with E-state index in [4.69, 9.17) is 9.84 Å². The molecule has 0 aliphatic rings. The third-order valence-electron chi connectivity index (χ3n) is 3.20. The van der Waals surface area contributed by atoms with E-state index in [1.807, 2.05) is 18.4 Å². The van der Waals surface area contributed by atoms with Crippen molar-refractivity contribution in [2.24, 2.45) is 0 Å². The summed E-state index contributed by atoms with van der Waals surface area (Å²) in [6.07, 6.45) is 0.211. The molecule has 23 heavy (non-hydrogen) atoms. The summed E-state index contributed by atoms with van der Waals surface area (Å²) in [5.74, 6) is -1.51. The first-order valence-electron chi connectivity index (χ1n) is 7.06. The Morgan fingerprint density at radius 3 is 2.83 bits per heavy atom. The topological polar surface area (TPSA) is 88.5 Å². The van der Waals surface area contributed by atoms with Gasteiger partial charge in [-0.3, -0.25) is 4.79 Å². The Morgan fingerprint density at radius 2 is 2.22 bits per heavy atom. The lowest BCUT2D eigenvalue weighted by atomic mass is 10.1. The van der Waals surface area contributed by atoms with E-state index in [-0.39, 0.29) is 13.0 Å². The molecule has 2 aromatic rings. The number of hydrogen-bond acceptors (Lipinski definition) is 5. The number of carbonyl (C=O) groups excluding carboxylic acids is 1. The molecule has 0 fully saturated rings. The maximum Gasteiger partial charge on any atom is 0.326 e. The van der Waals surface area contributed by atoms with Crippen molar-refractivity contribution in [3.8, 4) is 10.6 Å². The molecule has 1 aromatic heterocycles. The van der Waals surface area contributed by atoms with Gasteiger partial charge in [0.25, 0.3) is 5.91 Å². The maximum atomic E-state index is 12.3. The molecule has 1 unspecified atom stereocenters. The van der Waals surface area contributed by atoms with Crippen LogP contribution in [-0.2, 0) is 9.53 Å². The van der Waals surface area contributed by atoms with Crippen molar-refractivity contribution in [1.82, 2.24) is 10.3 Å². The predicted octanol–water partition coefficient (Wildman–Crippen LogP) is 2.34. The number of methoxy groups -OCH3 is 1. The molecule has 7 heteroatoms. The average Bonchev–Trinajstić information content (AvgIpc) is 2.97. The zero-order valence-corrected chi connectivity index (χ0v) is 13.7. The molecule has 1 aromatic carbocycles. The van der Waals surface area contributed by atoms with E-state index >= 15 is 0 Å². The highest BCUT2D eigenvalue weighted by Crippen LogP contribution is 2.24. The smallest absolute Gasteiger partial charge is 0.326 e. The van der Waals surface area contributed by atoms with Crippen LogP contribution in [-0.4, -0.2) is 41.7 Å². The molecule has 0 saturated heterocycles. The third-order valence-corrected chi connectivity index (χ3v) is 4.21. The lowest BCUT2D eigenvalue weighted by Crippen LogP contribution is -2.41. The van der Waals surface area contributed by atoms with Crippen molar-refractivity contribution in [3.05, 3.63) is 40.9 Å². The number of nitrogens with one attached hydrogen (secondary N) is 1. The average molecular weight is 334 g/mol. The second kappa shape index (κ2) is 7.85. The van der Waals surface area contributed by atoms with Crippen LogP contribution >= 0.6 is 11.3 Å². The van der Waals surface area contributed by atoms with Crippen LogP contribution in [0.2, 0.25) is 0 Å². The first-order chi connectivity index (χ1) is 11.0. The van der Waals surface area contributed by atoms with Gasteiger partial charge in [0, 0.05) is 42.3 Å². The number of carboxylic acids is 1. The van der Waals surface area contributed by atoms with E-state index in [0.717, 1.165) is 16.3 Å². The second-order valence-electron chi connectivity index (χ2n) is 5.02. The molecule has 0 radical (unpaired) electrons. The zero-order valence-electron chi connectivity index (χ0n) is 12.9. The Bertz CT molecular complexity index is 699. The first kappa shape index (κ1) is 17.1. The monoisotopic (exact) mass is 334 g/mol. The highest BCUT2D eigenvalue weighted by molar-refractivity contribution is 7.13. The maximum absolute atomic E-state index is 12.3. The number of amides is 1. The SMILES string of the molecule is COCCC(NC(=O)c1cccc(-c2nc(C)cs2)c1)C(=O)O. The van der Waals surface area contributed by atoms with Crippen LogP contribution in [0.5, 0.6) is 0 Å². The van der Waals surface area contributed by atoms with Gasteiger partial charge in [0.2, 0.25) is 0 Å². The van der Waals surface area contributed by atoms with E-state index in [2.05, 4.69) is 10.3 Å². The molecular weight excluding hydrogens is 316 g/mol. The van der Waals surface area contributed by atoms with Crippen LogP contribution in [0.1, 0.15) is 22.5 Å². The molecule has 0 aliphatic carbocycles. The fraction of sp³-hybridized carbons (Fsp3) is 0.312. The van der Waals surface area contributed by atoms with Crippen LogP contribution < -0.4 is 5.32 Å². The number of hydrogen-bond donors (Lipinski definition) is 2. The molecule has 0 saturated carbocycles. The van der Waals surface area contributed by atoms with Crippen LogP contribution in [0.4, 0.5) is 0 Å². The summed E-state index contributed by atoms with van der Waals surface area (Å²) in [5.41, 5.74) is 2.16. The number of benzene rings is 1. The van der Waals surface area contributed by atoms with E-state index in [9.17, 15) is 9.59 Å². The molecule has 2 rings (SSSR count). The Kier molecular flexibility index (Phi) is 5.84. The fourth-order valence-electron chi connectivity index (χ4n) is 2.01. The number of ether oxygens (including phenoxy) is 1. The molecule has 2 N–H and O–H groups in total. The van der Waals surface area contributed by atoms with Crippen molar-refractivity contribution < 1.29 is 19.4 Å². The fourth-order valence-corrected chi connectivity index (χ4v) is 2.81. The van der Waals surface area contributed by atoms with Gasteiger partial charge >= 0.3 is 5.97 Å². The summed E-state index contributed by atoms with van der Waals surface area (Å²) in [6.45, 7) is 2.17. The number of aryl methyl sites for hydroxylation is 1. The number of thiazole rings is 1. The van der Waals surface area contributed by atoms with E-state index in [1.165, 1.54) is 18.4 Å². The molecule has 0 aliphatic heterocycles. The minimum atomic E-state index is -1.08. The van der Waals surface area contributed by atoms with Crippen molar-refractivity contribution in [1.29, 1.82) is 0 Å². The van der Waals surface area contributed by atoms with Gasteiger partial charge in [0.1, 0.15) is 11.0 Å². The molecule has 6 nitrogen and oxygen atoms in total. The molecule has 1 atom stereocenters. The number of aromatic nitrogens is 1. The summed E-state index contributed by atoms with van der Waals surface area (Å²) in [7, 11) is 1.49. The second-order valence-corrected chi connectivity index (χ2v) is 5.88. The number of aliphatic carboxylic acids is 1. The van der Waals surface area contributed by atoms with Crippen LogP contribution in [0.3, 0.4) is 0 Å². The lowest BCUT2D eigenvalue weighted by molar-refractivity contribution is -0.139. The molecular formula is C16H18N2O4S. The van der Waals surface area contributed by atoms with Gasteiger partial charge in [-0.05, 0) is 19.1 Å². The van der Waals surface area contributed by atoms with Crippen LogP contribution in [0, 0.1) is 6.92 Å². The van der Waals surface area contributed by atoms with Gasteiger partial charge in [-0.15, -0.1) is 11.3 Å². The number of nitrogens with zero attached hydrogens (tertiary/aromatic N) is 1. The van der Waals surface area contributed by atoms with Gasteiger partial charge in [-0.25, -0.2) is 9.78 Å². The summed E-state index contributed by atoms with van der Waals surface area (Å²) in [5, 5.41) is 14.4. The third kappa shape index (κ3) is 4.61. The summed E-state index contributed by atoms with van der Waals surface area (Å²) < 4.78 is 4.87. The van der Waals surface area contributed by atoms with Crippen molar-refractivity contribution in [2.45, 2.75) is 19.4 Å². The molecule has 0 bridgehead atoms. The Morgan fingerprint density at radius 1 is 1.43 bits per heavy atom. The summed E-state index contributed by atoms with van der Waals surface area (Å²) in [6, 6.07) is 6.01. The van der Waals surface area contributed by atoms with Gasteiger partial charge in [0.15, 0.2) is 0 Å². The van der Waals surface area contributed by atoms with Crippen molar-refractivity contribution in [2.75, 3.05) is 13.7 Å². The Balaban J connectivity index is 2.14. The van der Waals surface area contributed by atoms with E-state index in [1.54, 1.807) is 18.2 Å². The van der Waals surface area contributed by atoms with Gasteiger partial charge in [0.05, 0.1) is 0 Å². The zero-order chi connectivity index (χ0) is 16.8. The first-order valence-corrected chi connectivity index (χ1v) is 7.94.